The molecule has 1 saturated carbocycles. The monoisotopic (exact) mass is 443 g/mol. The maximum absolute atomic E-state index is 14.7. The van der Waals surface area contributed by atoms with E-state index in [-0.39, 0.29) is 24.3 Å². The topological polar surface area (TPSA) is 77.2 Å². The third-order valence-electron chi connectivity index (χ3n) is 6.06. The van der Waals surface area contributed by atoms with Gasteiger partial charge in [0.1, 0.15) is 22.9 Å². The molecule has 2 N–H and O–H groups in total. The highest BCUT2D eigenvalue weighted by atomic mass is 19.1. The molecule has 2 aliphatic heterocycles. The van der Waals surface area contributed by atoms with Crippen molar-refractivity contribution in [2.24, 2.45) is 22.6 Å². The molecule has 3 aliphatic rings. The van der Waals surface area contributed by atoms with Crippen LogP contribution >= 0.6 is 0 Å². The Morgan fingerprint density at radius 1 is 1.19 bits per heavy atom. The lowest BCUT2D eigenvalue weighted by Gasteiger charge is -2.45. The minimum absolute atomic E-state index is 0.0791. The lowest BCUT2D eigenvalue weighted by molar-refractivity contribution is -0.140. The Balaban J connectivity index is 0.000000300. The zero-order valence-corrected chi connectivity index (χ0v) is 18.0. The Morgan fingerprint density at radius 3 is 2.59 bits per heavy atom. The summed E-state index contributed by atoms with van der Waals surface area (Å²) in [5.74, 6) is 0.00510. The normalized spacial score (nSPS) is 24.7. The average molecular weight is 443 g/mol. The number of hydrogen-bond acceptors (Lipinski definition) is 5. The van der Waals surface area contributed by atoms with Gasteiger partial charge in [-0.15, -0.1) is 0 Å². The predicted octanol–water partition coefficient (Wildman–Crippen LogP) is 3.46. The number of benzene rings is 2. The second kappa shape index (κ2) is 9.24. The summed E-state index contributed by atoms with van der Waals surface area (Å²) in [6.07, 6.45) is 2.83. The Hall–Kier alpha value is -3.00. The maximum Gasteiger partial charge on any atom is 0.235 e. The van der Waals surface area contributed by atoms with E-state index in [0.29, 0.717) is 36.9 Å². The van der Waals surface area contributed by atoms with Gasteiger partial charge in [0.15, 0.2) is 5.96 Å². The third-order valence-corrected chi connectivity index (χ3v) is 6.06. The van der Waals surface area contributed by atoms with E-state index in [1.54, 1.807) is 37.4 Å². The SMILES string of the molecule is CN1C(=O)C2CCOCC2(c2cc(OCC3CC3)ccc2F)N=C1N.Fc1ccccc1. The van der Waals surface area contributed by atoms with E-state index in [9.17, 15) is 13.6 Å². The molecule has 8 heteroatoms. The average Bonchev–Trinajstić information content (AvgIpc) is 3.62. The van der Waals surface area contributed by atoms with Gasteiger partial charge in [-0.05, 0) is 55.5 Å². The van der Waals surface area contributed by atoms with Crippen LogP contribution in [0.4, 0.5) is 8.78 Å². The van der Waals surface area contributed by atoms with E-state index < -0.39 is 17.3 Å². The molecular formula is C24H27F2N3O3. The Morgan fingerprint density at radius 2 is 1.94 bits per heavy atom. The fraction of sp³-hybridized carbons (Fsp3) is 0.417. The third kappa shape index (κ3) is 4.60. The van der Waals surface area contributed by atoms with Crippen molar-refractivity contribution < 1.29 is 23.0 Å². The van der Waals surface area contributed by atoms with Crippen LogP contribution in [0.15, 0.2) is 53.5 Å². The molecule has 5 rings (SSSR count). The van der Waals surface area contributed by atoms with Gasteiger partial charge >= 0.3 is 0 Å². The molecule has 1 amide bonds. The first-order valence-electron chi connectivity index (χ1n) is 10.7. The fourth-order valence-electron chi connectivity index (χ4n) is 4.00. The highest BCUT2D eigenvalue weighted by Gasteiger charge is 2.52. The fourth-order valence-corrected chi connectivity index (χ4v) is 4.00. The minimum Gasteiger partial charge on any atom is -0.493 e. The molecule has 1 saturated heterocycles. The van der Waals surface area contributed by atoms with Crippen molar-refractivity contribution >= 4 is 11.9 Å². The second-order valence-electron chi connectivity index (χ2n) is 8.38. The number of nitrogens with zero attached hydrogens (tertiary/aromatic N) is 2. The first-order valence-corrected chi connectivity index (χ1v) is 10.7. The predicted molar refractivity (Wildman–Crippen MR) is 116 cm³/mol. The molecule has 0 aromatic heterocycles. The van der Waals surface area contributed by atoms with Crippen LogP contribution in [0.5, 0.6) is 5.75 Å². The number of guanidine groups is 1. The van der Waals surface area contributed by atoms with E-state index in [1.807, 2.05) is 0 Å². The number of carbonyl (C=O) groups is 1. The van der Waals surface area contributed by atoms with Gasteiger partial charge in [-0.25, -0.2) is 13.8 Å². The lowest BCUT2D eigenvalue weighted by Crippen LogP contribution is -2.58. The number of rotatable bonds is 4. The Bertz CT molecular complexity index is 997. The van der Waals surface area contributed by atoms with Gasteiger partial charge in [-0.2, -0.15) is 0 Å². The summed E-state index contributed by atoms with van der Waals surface area (Å²) in [4.78, 5) is 18.6. The number of halogens is 2. The van der Waals surface area contributed by atoms with Crippen LogP contribution in [-0.2, 0) is 15.1 Å². The molecule has 1 aliphatic carbocycles. The number of fused-ring (bicyclic) bond motifs is 1. The molecule has 2 unspecified atom stereocenters. The van der Waals surface area contributed by atoms with Crippen molar-refractivity contribution in [3.05, 3.63) is 65.7 Å². The summed E-state index contributed by atoms with van der Waals surface area (Å²) < 4.78 is 38.0. The summed E-state index contributed by atoms with van der Waals surface area (Å²) in [6.45, 7) is 1.20. The Kier molecular flexibility index (Phi) is 6.41. The van der Waals surface area contributed by atoms with Crippen LogP contribution in [0, 0.1) is 23.5 Å². The highest BCUT2D eigenvalue weighted by Crippen LogP contribution is 2.44. The molecule has 2 atom stereocenters. The van der Waals surface area contributed by atoms with Crippen LogP contribution in [0.3, 0.4) is 0 Å². The van der Waals surface area contributed by atoms with Crippen LogP contribution in [0.25, 0.3) is 0 Å². The standard InChI is InChI=1S/C18H22FN3O3.C6H5F/c1-22-16(23)13-6-7-24-10-18(13,21-17(22)20)14-8-12(4-5-15(14)19)25-9-11-2-3-11;7-6-4-2-1-3-5-6/h4-5,8,11,13H,2-3,6-7,9-10H2,1H3,(H2,20,21);1-5H. The Labute approximate surface area is 186 Å². The number of hydrogen-bond donors (Lipinski definition) is 1. The van der Waals surface area contributed by atoms with Crippen molar-refractivity contribution in [2.75, 3.05) is 26.9 Å². The number of amides is 1. The smallest absolute Gasteiger partial charge is 0.235 e. The number of ether oxygens (including phenoxy) is 2. The van der Waals surface area contributed by atoms with Crippen molar-refractivity contribution in [2.45, 2.75) is 24.8 Å². The first-order chi connectivity index (χ1) is 15.4. The summed E-state index contributed by atoms with van der Waals surface area (Å²) in [6, 6.07) is 12.6. The first kappa shape index (κ1) is 22.2. The van der Waals surface area contributed by atoms with E-state index in [2.05, 4.69) is 4.99 Å². The highest BCUT2D eigenvalue weighted by molar-refractivity contribution is 6.00. The molecule has 0 radical (unpaired) electrons. The quantitative estimate of drug-likeness (QED) is 0.785. The van der Waals surface area contributed by atoms with E-state index in [0.717, 1.165) is 0 Å². The summed E-state index contributed by atoms with van der Waals surface area (Å²) >= 11 is 0. The molecule has 32 heavy (non-hydrogen) atoms. The number of nitrogens with two attached hydrogens (primary N) is 1. The largest absolute Gasteiger partial charge is 0.493 e. The molecule has 0 bridgehead atoms. The van der Waals surface area contributed by atoms with Gasteiger partial charge in [0.2, 0.25) is 5.91 Å². The molecule has 170 valence electrons. The van der Waals surface area contributed by atoms with Crippen molar-refractivity contribution in [3.63, 3.8) is 0 Å². The van der Waals surface area contributed by atoms with E-state index in [1.165, 1.54) is 35.9 Å². The number of aliphatic imine (C=N–C) groups is 1. The summed E-state index contributed by atoms with van der Waals surface area (Å²) in [5.41, 5.74) is 5.12. The molecule has 2 heterocycles. The summed E-state index contributed by atoms with van der Waals surface area (Å²) in [7, 11) is 1.59. The van der Waals surface area contributed by atoms with Gasteiger partial charge in [0, 0.05) is 19.2 Å². The molecule has 6 nitrogen and oxygen atoms in total. The van der Waals surface area contributed by atoms with Crippen LogP contribution in [0.1, 0.15) is 24.8 Å². The molecule has 2 aromatic carbocycles. The van der Waals surface area contributed by atoms with Gasteiger partial charge in [-0.3, -0.25) is 9.69 Å². The minimum atomic E-state index is -1.13. The molecule has 0 spiro atoms. The molecule has 2 fully saturated rings. The van der Waals surface area contributed by atoms with Crippen molar-refractivity contribution in [1.82, 2.24) is 4.90 Å². The van der Waals surface area contributed by atoms with Gasteiger partial charge < -0.3 is 15.2 Å². The summed E-state index contributed by atoms with van der Waals surface area (Å²) in [5, 5.41) is 0. The van der Waals surface area contributed by atoms with Crippen LogP contribution in [-0.4, -0.2) is 43.6 Å². The van der Waals surface area contributed by atoms with E-state index in [4.69, 9.17) is 15.2 Å². The maximum atomic E-state index is 14.7. The van der Waals surface area contributed by atoms with E-state index >= 15 is 0 Å². The number of carbonyl (C=O) groups excluding carboxylic acids is 1. The van der Waals surface area contributed by atoms with Crippen molar-refractivity contribution in [3.8, 4) is 5.75 Å². The zero-order chi connectivity index (χ0) is 22.7. The van der Waals surface area contributed by atoms with Crippen LogP contribution in [0.2, 0.25) is 0 Å². The van der Waals surface area contributed by atoms with Gasteiger partial charge in [-0.1, -0.05) is 18.2 Å². The van der Waals surface area contributed by atoms with Crippen LogP contribution < -0.4 is 10.5 Å². The second-order valence-corrected chi connectivity index (χ2v) is 8.38. The van der Waals surface area contributed by atoms with Crippen molar-refractivity contribution in [1.29, 1.82) is 0 Å². The van der Waals surface area contributed by atoms with Gasteiger partial charge in [0.05, 0.1) is 19.1 Å². The lowest BCUT2D eigenvalue weighted by atomic mass is 9.74. The zero-order valence-electron chi connectivity index (χ0n) is 18.0. The molecule has 2 aromatic rings. The molecular weight excluding hydrogens is 416 g/mol. The van der Waals surface area contributed by atoms with Gasteiger partial charge in [0.25, 0.3) is 0 Å².